The summed E-state index contributed by atoms with van der Waals surface area (Å²) >= 11 is 0. The second-order valence-electron chi connectivity index (χ2n) is 12.1. The molecular weight excluding hydrogens is 613 g/mol. The van der Waals surface area contributed by atoms with Crippen molar-refractivity contribution in [2.45, 2.75) is 0 Å². The highest BCUT2D eigenvalue weighted by Gasteiger charge is 2.21. The highest BCUT2D eigenvalue weighted by molar-refractivity contribution is 6.05. The van der Waals surface area contributed by atoms with Crippen LogP contribution in [0.4, 0.5) is 17.1 Å². The molecule has 5 heteroatoms. The number of benzene rings is 7. The fourth-order valence-corrected chi connectivity index (χ4v) is 6.50. The van der Waals surface area contributed by atoms with Crippen LogP contribution in [0.2, 0.25) is 0 Å². The highest BCUT2D eigenvalue weighted by atomic mass is 16.3. The zero-order valence-corrected chi connectivity index (χ0v) is 27.0. The van der Waals surface area contributed by atoms with Crippen LogP contribution in [0.5, 0.6) is 0 Å². The third-order valence-electron chi connectivity index (χ3n) is 8.94. The summed E-state index contributed by atoms with van der Waals surface area (Å²) in [7, 11) is 0. The van der Waals surface area contributed by atoms with Gasteiger partial charge in [-0.05, 0) is 65.7 Å². The lowest BCUT2D eigenvalue weighted by Gasteiger charge is -2.27. The fraction of sp³-hybridized carbons (Fsp3) is 0. The lowest BCUT2D eigenvalue weighted by atomic mass is 10.0. The summed E-state index contributed by atoms with van der Waals surface area (Å²) in [5.74, 6) is 1.75. The van der Waals surface area contributed by atoms with Crippen molar-refractivity contribution < 1.29 is 4.42 Å². The molecule has 2 aromatic heterocycles. The normalized spacial score (nSPS) is 11.2. The van der Waals surface area contributed by atoms with E-state index in [9.17, 15) is 0 Å². The number of nitrogens with zero attached hydrogens (tertiary/aromatic N) is 4. The van der Waals surface area contributed by atoms with Crippen LogP contribution in [0.25, 0.3) is 67.2 Å². The van der Waals surface area contributed by atoms with Gasteiger partial charge in [-0.2, -0.15) is 0 Å². The average molecular weight is 643 g/mol. The van der Waals surface area contributed by atoms with Crippen LogP contribution in [0.1, 0.15) is 0 Å². The van der Waals surface area contributed by atoms with Crippen molar-refractivity contribution in [2.75, 3.05) is 4.90 Å². The van der Waals surface area contributed by atoms with Gasteiger partial charge in [-0.25, -0.2) is 15.0 Å². The van der Waals surface area contributed by atoms with Crippen LogP contribution in [0.3, 0.4) is 0 Å². The molecule has 0 unspecified atom stereocenters. The van der Waals surface area contributed by atoms with Gasteiger partial charge < -0.3 is 9.32 Å². The topological polar surface area (TPSA) is 55.1 Å². The first-order valence-corrected chi connectivity index (χ1v) is 16.6. The van der Waals surface area contributed by atoms with Gasteiger partial charge >= 0.3 is 0 Å². The van der Waals surface area contributed by atoms with E-state index in [1.54, 1.807) is 0 Å². The quantitative estimate of drug-likeness (QED) is 0.173. The van der Waals surface area contributed by atoms with Crippen LogP contribution in [-0.4, -0.2) is 15.0 Å². The molecule has 2 heterocycles. The molecule has 7 aromatic carbocycles. The number of para-hydroxylation sites is 3. The minimum Gasteiger partial charge on any atom is -0.456 e. The standard InChI is InChI=1S/C45H30N4O/c1-4-14-31(15-5-1)32-24-27-36(28-25-32)49(35-18-8-3-9-19-35)40-22-12-10-21-39(40)45-47-43(33-16-6-2-7-17-33)46-44(48-45)34-26-29-38-37-20-11-13-23-41(37)50-42(38)30-34/h1-30H. The Labute approximate surface area is 289 Å². The van der Waals surface area contributed by atoms with E-state index in [1.165, 1.54) is 5.56 Å². The van der Waals surface area contributed by atoms with E-state index in [0.717, 1.165) is 61.3 Å². The van der Waals surface area contributed by atoms with Crippen molar-refractivity contribution in [1.29, 1.82) is 0 Å². The molecule has 9 aromatic rings. The van der Waals surface area contributed by atoms with Gasteiger partial charge in [-0.1, -0.05) is 127 Å². The van der Waals surface area contributed by atoms with Crippen molar-refractivity contribution in [3.8, 4) is 45.3 Å². The second-order valence-corrected chi connectivity index (χ2v) is 12.1. The molecule has 0 radical (unpaired) electrons. The molecular formula is C45H30N4O. The van der Waals surface area contributed by atoms with E-state index in [0.29, 0.717) is 17.5 Å². The van der Waals surface area contributed by atoms with Crippen LogP contribution in [0.15, 0.2) is 186 Å². The number of furan rings is 1. The number of hydrogen-bond donors (Lipinski definition) is 0. The number of fused-ring (bicyclic) bond motifs is 3. The Morgan fingerprint density at radius 1 is 0.360 bits per heavy atom. The number of aromatic nitrogens is 3. The maximum Gasteiger partial charge on any atom is 0.166 e. The van der Waals surface area contributed by atoms with E-state index in [1.807, 2.05) is 72.8 Å². The number of rotatable bonds is 7. The molecule has 0 aliphatic rings. The third-order valence-corrected chi connectivity index (χ3v) is 8.94. The monoisotopic (exact) mass is 642 g/mol. The lowest BCUT2D eigenvalue weighted by molar-refractivity contribution is 0.669. The highest BCUT2D eigenvalue weighted by Crippen LogP contribution is 2.41. The van der Waals surface area contributed by atoms with Gasteiger partial charge in [0.1, 0.15) is 11.2 Å². The van der Waals surface area contributed by atoms with Crippen molar-refractivity contribution in [3.63, 3.8) is 0 Å². The number of anilines is 3. The van der Waals surface area contributed by atoms with Crippen LogP contribution in [-0.2, 0) is 0 Å². The van der Waals surface area contributed by atoms with Gasteiger partial charge in [0.2, 0.25) is 0 Å². The van der Waals surface area contributed by atoms with Crippen molar-refractivity contribution in [3.05, 3.63) is 182 Å². The first-order chi connectivity index (χ1) is 24.8. The molecule has 0 saturated heterocycles. The Morgan fingerprint density at radius 3 is 1.64 bits per heavy atom. The predicted octanol–water partition coefficient (Wildman–Crippen LogP) is 11.9. The van der Waals surface area contributed by atoms with Gasteiger partial charge in [0.25, 0.3) is 0 Å². The van der Waals surface area contributed by atoms with Crippen molar-refractivity contribution in [2.24, 2.45) is 0 Å². The Morgan fingerprint density at radius 2 is 0.880 bits per heavy atom. The molecule has 0 aliphatic heterocycles. The van der Waals surface area contributed by atoms with Crippen LogP contribution in [0, 0.1) is 0 Å². The summed E-state index contributed by atoms with van der Waals surface area (Å²) < 4.78 is 6.25. The molecule has 0 N–H and O–H groups in total. The summed E-state index contributed by atoms with van der Waals surface area (Å²) in [5, 5.41) is 2.14. The molecule has 0 aliphatic carbocycles. The molecule has 5 nitrogen and oxygen atoms in total. The molecule has 0 atom stereocenters. The molecule has 0 spiro atoms. The van der Waals surface area contributed by atoms with E-state index in [-0.39, 0.29) is 0 Å². The zero-order valence-electron chi connectivity index (χ0n) is 27.0. The summed E-state index contributed by atoms with van der Waals surface area (Å²) in [5.41, 5.74) is 9.64. The Bertz CT molecular complexity index is 2580. The van der Waals surface area contributed by atoms with Gasteiger partial charge in [0.15, 0.2) is 17.5 Å². The van der Waals surface area contributed by atoms with Gasteiger partial charge in [0, 0.05) is 38.8 Å². The fourth-order valence-electron chi connectivity index (χ4n) is 6.50. The van der Waals surface area contributed by atoms with Crippen LogP contribution < -0.4 is 4.90 Å². The SMILES string of the molecule is c1ccc(-c2ccc(N(c3ccccc3)c3ccccc3-c3nc(-c4ccccc4)nc(-c4ccc5c(c4)oc4ccccc45)n3)cc2)cc1. The van der Waals surface area contributed by atoms with E-state index in [4.69, 9.17) is 19.4 Å². The first-order valence-electron chi connectivity index (χ1n) is 16.6. The molecule has 0 fully saturated rings. The van der Waals surface area contributed by atoms with Crippen molar-refractivity contribution >= 4 is 39.0 Å². The smallest absolute Gasteiger partial charge is 0.166 e. The summed E-state index contributed by atoms with van der Waals surface area (Å²) in [6, 6.07) is 62.2. The van der Waals surface area contributed by atoms with E-state index >= 15 is 0 Å². The maximum atomic E-state index is 6.25. The Hall–Kier alpha value is -6.85. The summed E-state index contributed by atoms with van der Waals surface area (Å²) in [4.78, 5) is 17.5. The molecule has 9 rings (SSSR count). The van der Waals surface area contributed by atoms with Crippen molar-refractivity contribution in [1.82, 2.24) is 15.0 Å². The molecule has 236 valence electrons. The minimum absolute atomic E-state index is 0.574. The Balaban J connectivity index is 1.21. The van der Waals surface area contributed by atoms with Gasteiger partial charge in [-0.3, -0.25) is 0 Å². The van der Waals surface area contributed by atoms with Gasteiger partial charge in [-0.15, -0.1) is 0 Å². The predicted molar refractivity (Wildman–Crippen MR) is 204 cm³/mol. The lowest BCUT2D eigenvalue weighted by Crippen LogP contribution is -2.12. The van der Waals surface area contributed by atoms with E-state index in [2.05, 4.69) is 114 Å². The zero-order chi connectivity index (χ0) is 33.3. The summed E-state index contributed by atoms with van der Waals surface area (Å²) in [6.07, 6.45) is 0. The average Bonchev–Trinajstić information content (AvgIpc) is 3.57. The minimum atomic E-state index is 0.574. The second kappa shape index (κ2) is 12.6. The molecule has 50 heavy (non-hydrogen) atoms. The van der Waals surface area contributed by atoms with Gasteiger partial charge in [0.05, 0.1) is 5.69 Å². The largest absolute Gasteiger partial charge is 0.456 e. The number of hydrogen-bond acceptors (Lipinski definition) is 5. The molecule has 0 saturated carbocycles. The summed E-state index contributed by atoms with van der Waals surface area (Å²) in [6.45, 7) is 0. The van der Waals surface area contributed by atoms with Crippen LogP contribution >= 0.6 is 0 Å². The third kappa shape index (κ3) is 5.47. The molecule has 0 bridgehead atoms. The maximum absolute atomic E-state index is 6.25. The molecule has 0 amide bonds. The Kier molecular flexibility index (Phi) is 7.41. The van der Waals surface area contributed by atoms with E-state index < -0.39 is 0 Å². The first kappa shape index (κ1) is 29.3.